The maximum absolute atomic E-state index is 12.7. The normalized spacial score (nSPS) is 10.4. The van der Waals surface area contributed by atoms with Gasteiger partial charge in [-0.05, 0) is 42.8 Å². The lowest BCUT2D eigenvalue weighted by molar-refractivity contribution is 0.103. The highest BCUT2D eigenvalue weighted by molar-refractivity contribution is 6.30. The molecule has 4 heteroatoms. The highest BCUT2D eigenvalue weighted by Crippen LogP contribution is 2.24. The van der Waals surface area contributed by atoms with Crippen LogP contribution >= 0.6 is 11.6 Å². The molecular formula is C17H17ClO3. The molecule has 0 saturated carbocycles. The second kappa shape index (κ2) is 7.25. The summed E-state index contributed by atoms with van der Waals surface area (Å²) in [5, 5.41) is 0.619. The van der Waals surface area contributed by atoms with Crippen molar-refractivity contribution < 1.29 is 14.3 Å². The monoisotopic (exact) mass is 304 g/mol. The van der Waals surface area contributed by atoms with Gasteiger partial charge in [0, 0.05) is 17.7 Å². The van der Waals surface area contributed by atoms with Crippen LogP contribution in [0.4, 0.5) is 0 Å². The van der Waals surface area contributed by atoms with E-state index in [2.05, 4.69) is 0 Å². The summed E-state index contributed by atoms with van der Waals surface area (Å²) >= 11 is 5.93. The molecule has 0 heterocycles. The van der Waals surface area contributed by atoms with Crippen LogP contribution in [0.1, 0.15) is 21.5 Å². The molecule has 0 spiro atoms. The number of carbonyl (C=O) groups excluding carboxylic acids is 1. The van der Waals surface area contributed by atoms with E-state index in [1.165, 1.54) is 0 Å². The van der Waals surface area contributed by atoms with E-state index >= 15 is 0 Å². The van der Waals surface area contributed by atoms with E-state index in [-0.39, 0.29) is 5.78 Å². The highest BCUT2D eigenvalue weighted by atomic mass is 35.5. The fourth-order valence-corrected chi connectivity index (χ4v) is 2.27. The largest absolute Gasteiger partial charge is 0.490 e. The smallest absolute Gasteiger partial charge is 0.197 e. The molecule has 0 fully saturated rings. The van der Waals surface area contributed by atoms with Gasteiger partial charge in [-0.15, -0.1) is 0 Å². The Kier molecular flexibility index (Phi) is 5.37. The van der Waals surface area contributed by atoms with E-state index in [4.69, 9.17) is 21.1 Å². The number of halogens is 1. The first-order valence-corrected chi connectivity index (χ1v) is 7.03. The molecule has 0 unspecified atom stereocenters. The van der Waals surface area contributed by atoms with Gasteiger partial charge in [-0.3, -0.25) is 4.79 Å². The van der Waals surface area contributed by atoms with E-state index < -0.39 is 0 Å². The van der Waals surface area contributed by atoms with Gasteiger partial charge in [-0.1, -0.05) is 23.7 Å². The Bertz CT molecular complexity index is 638. The molecule has 0 bridgehead atoms. The summed E-state index contributed by atoms with van der Waals surface area (Å²) in [4.78, 5) is 12.7. The van der Waals surface area contributed by atoms with Gasteiger partial charge >= 0.3 is 0 Å². The first kappa shape index (κ1) is 15.5. The van der Waals surface area contributed by atoms with Crippen LogP contribution in [0.5, 0.6) is 5.75 Å². The van der Waals surface area contributed by atoms with Crippen LogP contribution in [0, 0.1) is 6.92 Å². The molecule has 0 saturated heterocycles. The average molecular weight is 305 g/mol. The molecule has 110 valence electrons. The Balaban J connectivity index is 2.30. The summed E-state index contributed by atoms with van der Waals surface area (Å²) in [6, 6.07) is 12.5. The van der Waals surface area contributed by atoms with Crippen LogP contribution in [-0.4, -0.2) is 26.1 Å². The number of hydrogen-bond acceptors (Lipinski definition) is 3. The van der Waals surface area contributed by atoms with Gasteiger partial charge in [-0.25, -0.2) is 0 Å². The van der Waals surface area contributed by atoms with Crippen molar-refractivity contribution in [1.82, 2.24) is 0 Å². The lowest BCUT2D eigenvalue weighted by Crippen LogP contribution is -2.10. The topological polar surface area (TPSA) is 35.5 Å². The van der Waals surface area contributed by atoms with Crippen LogP contribution in [0.15, 0.2) is 42.5 Å². The first-order valence-electron chi connectivity index (χ1n) is 6.65. The molecule has 2 aromatic carbocycles. The van der Waals surface area contributed by atoms with Crippen molar-refractivity contribution in [2.24, 2.45) is 0 Å². The number of benzene rings is 2. The minimum atomic E-state index is -0.0721. The Labute approximate surface area is 129 Å². The lowest BCUT2D eigenvalue weighted by Gasteiger charge is -2.11. The van der Waals surface area contributed by atoms with E-state index in [9.17, 15) is 4.79 Å². The number of ether oxygens (including phenoxy) is 2. The SMILES string of the molecule is COCCOc1ccccc1C(=O)c1ccc(Cl)cc1C. The Morgan fingerprint density at radius 1 is 1.10 bits per heavy atom. The van der Waals surface area contributed by atoms with E-state index in [1.54, 1.807) is 37.4 Å². The zero-order chi connectivity index (χ0) is 15.2. The summed E-state index contributed by atoms with van der Waals surface area (Å²) in [5.41, 5.74) is 2.01. The molecule has 0 aliphatic carbocycles. The quantitative estimate of drug-likeness (QED) is 0.599. The minimum Gasteiger partial charge on any atom is -0.490 e. The van der Waals surface area contributed by atoms with Crippen molar-refractivity contribution in [3.8, 4) is 5.75 Å². The zero-order valence-electron chi connectivity index (χ0n) is 12.1. The average Bonchev–Trinajstić information content (AvgIpc) is 2.47. The molecule has 2 aromatic rings. The number of hydrogen-bond donors (Lipinski definition) is 0. The maximum atomic E-state index is 12.7. The molecule has 21 heavy (non-hydrogen) atoms. The van der Waals surface area contributed by atoms with Crippen LogP contribution in [0.3, 0.4) is 0 Å². The number of ketones is 1. The van der Waals surface area contributed by atoms with E-state index in [1.807, 2.05) is 19.1 Å². The van der Waals surface area contributed by atoms with E-state index in [0.717, 1.165) is 5.56 Å². The maximum Gasteiger partial charge on any atom is 0.197 e. The first-order chi connectivity index (χ1) is 10.1. The van der Waals surface area contributed by atoms with Gasteiger partial charge in [0.25, 0.3) is 0 Å². The summed E-state index contributed by atoms with van der Waals surface area (Å²) in [6.45, 7) is 2.75. The van der Waals surface area contributed by atoms with Gasteiger partial charge in [0.1, 0.15) is 12.4 Å². The third kappa shape index (κ3) is 3.84. The number of para-hydroxylation sites is 1. The van der Waals surface area contributed by atoms with Crippen molar-refractivity contribution in [1.29, 1.82) is 0 Å². The third-order valence-corrected chi connectivity index (χ3v) is 3.34. The number of carbonyl (C=O) groups is 1. The number of aryl methyl sites for hydroxylation is 1. The van der Waals surface area contributed by atoms with Crippen molar-refractivity contribution >= 4 is 17.4 Å². The Morgan fingerprint density at radius 3 is 2.57 bits per heavy atom. The molecule has 0 aromatic heterocycles. The predicted molar refractivity (Wildman–Crippen MR) is 83.4 cm³/mol. The molecule has 0 amide bonds. The lowest BCUT2D eigenvalue weighted by atomic mass is 9.98. The van der Waals surface area contributed by atoms with Crippen LogP contribution in [0.25, 0.3) is 0 Å². The third-order valence-electron chi connectivity index (χ3n) is 3.11. The molecule has 0 aliphatic heterocycles. The Morgan fingerprint density at radius 2 is 1.86 bits per heavy atom. The second-order valence-corrected chi connectivity index (χ2v) is 5.06. The van der Waals surface area contributed by atoms with Gasteiger partial charge in [0.2, 0.25) is 0 Å². The molecule has 0 atom stereocenters. The predicted octanol–water partition coefficient (Wildman–Crippen LogP) is 3.90. The molecule has 0 aliphatic rings. The number of rotatable bonds is 6. The van der Waals surface area contributed by atoms with Gasteiger partial charge in [0.05, 0.1) is 12.2 Å². The van der Waals surface area contributed by atoms with Gasteiger partial charge in [-0.2, -0.15) is 0 Å². The van der Waals surface area contributed by atoms with Crippen molar-refractivity contribution in [2.75, 3.05) is 20.3 Å². The standard InChI is InChI=1S/C17H17ClO3/c1-12-11-13(18)7-8-14(12)17(19)15-5-3-4-6-16(15)21-10-9-20-2/h3-8,11H,9-10H2,1-2H3. The van der Waals surface area contributed by atoms with Gasteiger partial charge < -0.3 is 9.47 Å². The summed E-state index contributed by atoms with van der Waals surface area (Å²) in [7, 11) is 1.61. The highest BCUT2D eigenvalue weighted by Gasteiger charge is 2.16. The summed E-state index contributed by atoms with van der Waals surface area (Å²) in [6.07, 6.45) is 0. The van der Waals surface area contributed by atoms with Crippen molar-refractivity contribution in [3.63, 3.8) is 0 Å². The molecule has 0 radical (unpaired) electrons. The molecular weight excluding hydrogens is 288 g/mol. The number of methoxy groups -OCH3 is 1. The summed E-state index contributed by atoms with van der Waals surface area (Å²) < 4.78 is 10.6. The van der Waals surface area contributed by atoms with Crippen molar-refractivity contribution in [3.05, 3.63) is 64.2 Å². The molecule has 0 N–H and O–H groups in total. The van der Waals surface area contributed by atoms with Crippen molar-refractivity contribution in [2.45, 2.75) is 6.92 Å². The van der Waals surface area contributed by atoms with Gasteiger partial charge in [0.15, 0.2) is 5.78 Å². The molecule has 3 nitrogen and oxygen atoms in total. The second-order valence-electron chi connectivity index (χ2n) is 4.63. The van der Waals surface area contributed by atoms with Crippen LogP contribution in [-0.2, 0) is 4.74 Å². The van der Waals surface area contributed by atoms with E-state index in [0.29, 0.717) is 35.1 Å². The fraction of sp³-hybridized carbons (Fsp3) is 0.235. The van der Waals surface area contributed by atoms with Crippen LogP contribution in [0.2, 0.25) is 5.02 Å². The molecule has 2 rings (SSSR count). The minimum absolute atomic E-state index is 0.0721. The Hall–Kier alpha value is -1.84. The fourth-order valence-electron chi connectivity index (χ4n) is 2.04. The summed E-state index contributed by atoms with van der Waals surface area (Å²) in [5.74, 6) is 0.492. The van der Waals surface area contributed by atoms with Crippen LogP contribution < -0.4 is 4.74 Å². The zero-order valence-corrected chi connectivity index (χ0v) is 12.8.